The largest absolute Gasteiger partial charge is 2.00 e. The van der Waals surface area contributed by atoms with Crippen molar-refractivity contribution >= 4 is 89.6 Å². The third-order valence-electron chi connectivity index (χ3n) is 4.51. The first kappa shape index (κ1) is 33.5. The molecule has 0 saturated heterocycles. The predicted molar refractivity (Wildman–Crippen MR) is 122 cm³/mol. The Labute approximate surface area is 295 Å². The van der Waals surface area contributed by atoms with Crippen LogP contribution in [0.1, 0.15) is 16.1 Å². The van der Waals surface area contributed by atoms with Gasteiger partial charge in [0.2, 0.25) is 0 Å². The average Bonchev–Trinajstić information content (AvgIpc) is 2.66. The number of halogens is 2. The Balaban J connectivity index is -0.000000400. The van der Waals surface area contributed by atoms with Crippen LogP contribution in [0.5, 0.6) is 5.75 Å². The zero-order valence-electron chi connectivity index (χ0n) is 21.3. The van der Waals surface area contributed by atoms with Crippen LogP contribution in [-0.4, -0.2) is 59.4 Å². The van der Waals surface area contributed by atoms with E-state index < -0.39 is 5.97 Å². The van der Waals surface area contributed by atoms with E-state index in [9.17, 15) is 19.8 Å². The van der Waals surface area contributed by atoms with Crippen LogP contribution in [0.3, 0.4) is 0 Å². The van der Waals surface area contributed by atoms with Crippen molar-refractivity contribution in [1.29, 1.82) is 0 Å². The fraction of sp³-hybridized carbons (Fsp3) is 0. The maximum Gasteiger partial charge on any atom is 2.00 e. The van der Waals surface area contributed by atoms with Gasteiger partial charge in [-0.15, -0.1) is 0 Å². The molecule has 0 aromatic heterocycles. The second-order valence-electron chi connectivity index (χ2n) is 6.17. The molecular weight excluding hydrogens is 783 g/mol. The van der Waals surface area contributed by atoms with Gasteiger partial charge in [0.15, 0.2) is 0 Å². The van der Waals surface area contributed by atoms with Gasteiger partial charge in [0.1, 0.15) is 0 Å². The fourth-order valence-electron chi connectivity index (χ4n) is 3.22. The number of carboxylic acid groups (broad SMARTS) is 1. The summed E-state index contributed by atoms with van der Waals surface area (Å²) in [7, 11) is 0. The van der Waals surface area contributed by atoms with Gasteiger partial charge in [0.05, 0.1) is 0 Å². The van der Waals surface area contributed by atoms with Crippen LogP contribution in [0.4, 0.5) is 0 Å². The number of hydrogen-bond acceptors (Lipinski definition) is 4. The zero-order valence-corrected chi connectivity index (χ0v) is 32.2. The monoisotopic (exact) mass is 797 g/mol. The molecule has 0 radical (unpaired) electrons. The molecule has 0 spiro atoms. The molecule has 1 heterocycles. The first-order chi connectivity index (χ1) is 13.3. The summed E-state index contributed by atoms with van der Waals surface area (Å²) in [6.07, 6.45) is 0. The van der Waals surface area contributed by atoms with Gasteiger partial charge < -0.3 is 11.2 Å². The Kier molecular flexibility index (Phi) is 14.4. The number of fused-ring (bicyclic) bond motifs is 2. The summed E-state index contributed by atoms with van der Waals surface area (Å²) in [6.45, 7) is 0. The summed E-state index contributed by atoms with van der Waals surface area (Å²) < 4.78 is 7.55. The van der Waals surface area contributed by atoms with Crippen molar-refractivity contribution in [2.24, 2.45) is 0 Å². The molecule has 4 N–H and O–H groups in total. The smallest absolute Gasteiger partial charge is 1.00 e. The summed E-state index contributed by atoms with van der Waals surface area (Å²) in [6, 6.07) is 11.4. The summed E-state index contributed by atoms with van der Waals surface area (Å²) in [5.41, 5.74) is 2.13. The first-order valence-corrected chi connectivity index (χ1v) is 12.4. The van der Waals surface area contributed by atoms with E-state index in [0.29, 0.717) is 45.4 Å². The van der Waals surface area contributed by atoms with Gasteiger partial charge >= 0.3 is 290 Å². The molecule has 6 nitrogen and oxygen atoms in total. The van der Waals surface area contributed by atoms with E-state index in [1.807, 2.05) is 0 Å². The maximum absolute atomic E-state index is 12.2. The van der Waals surface area contributed by atoms with Gasteiger partial charge in [-0.2, -0.15) is 0 Å². The fourth-order valence-corrected chi connectivity index (χ4v) is 6.80. The second kappa shape index (κ2) is 13.7. The molecule has 32 heavy (non-hydrogen) atoms. The second-order valence-corrected chi connectivity index (χ2v) is 10.6. The van der Waals surface area contributed by atoms with E-state index in [-0.39, 0.29) is 151 Å². The molecule has 0 bridgehead atoms. The first-order valence-electron chi connectivity index (χ1n) is 8.05. The molecule has 2 aliphatic rings. The van der Waals surface area contributed by atoms with E-state index >= 15 is 0 Å². The normalized spacial score (nSPS) is 9.88. The molecule has 1 aliphatic heterocycles. The molecule has 151 valence electrons. The quantitative estimate of drug-likeness (QED) is 0.179. The van der Waals surface area contributed by atoms with E-state index in [1.165, 1.54) is 12.1 Å². The van der Waals surface area contributed by atoms with Crippen LogP contribution in [0.2, 0.25) is 0 Å². The molecular formula is C20H15Br2CaHgNa2O6. The number of phenols is 1. The van der Waals surface area contributed by atoms with Crippen LogP contribution in [0.15, 0.2) is 60.6 Å². The van der Waals surface area contributed by atoms with E-state index in [1.54, 1.807) is 30.3 Å². The van der Waals surface area contributed by atoms with Gasteiger partial charge in [-0.05, 0) is 0 Å². The van der Waals surface area contributed by atoms with Crippen LogP contribution < -0.4 is 67.6 Å². The number of benzene rings is 3. The predicted octanol–water partition coefficient (Wildman–Crippen LogP) is -2.08. The number of aromatic carboxylic acids is 1. The number of carbonyl (C=O) groups is 1. The Bertz CT molecular complexity index is 1350. The third-order valence-corrected chi connectivity index (χ3v) is 8.29. The molecule has 0 unspecified atom stereocenters. The minimum atomic E-state index is -1.05. The van der Waals surface area contributed by atoms with E-state index in [0.717, 1.165) is 0 Å². The van der Waals surface area contributed by atoms with Crippen molar-refractivity contribution in [2.45, 2.75) is 0 Å². The third kappa shape index (κ3) is 6.25. The standard InChI is InChI=1S/C20H9Br2O5.Ca.Hg.2Na.H2O.4H/c21-13-5-11-17(7-15(13)23)27-18-8-16(24)14(22)6-12(18)19(11)9-3-1-2-4-10(9)20(25)26;;;;;;;;;/h1-7,24H,(H,25,26);;;;;1H2;;;;/q;+2;;2*+1;;4*-1. The molecule has 0 fully saturated rings. The van der Waals surface area contributed by atoms with Gasteiger partial charge in [-0.3, -0.25) is 0 Å². The Morgan fingerprint density at radius 1 is 1.03 bits per heavy atom. The molecule has 0 saturated carbocycles. The van der Waals surface area contributed by atoms with Crippen molar-refractivity contribution in [2.75, 3.05) is 0 Å². The van der Waals surface area contributed by atoms with E-state index in [4.69, 9.17) is 4.42 Å². The van der Waals surface area contributed by atoms with E-state index in [2.05, 4.69) is 31.9 Å². The molecule has 2 aromatic carbocycles. The van der Waals surface area contributed by atoms with Crippen molar-refractivity contribution in [3.8, 4) is 28.2 Å². The molecule has 1 aliphatic carbocycles. The zero-order chi connectivity index (χ0) is 20.2. The average molecular weight is 798 g/mol. The SMILES string of the molecule is O.O=C(O)c1ccccc1-c1c2cc(Br)c(=O)cc-2oc2[c]([Hg])c(O)c(Br)cc12.[Ca+2].[H-].[H-].[H-].[H-].[Na+].[Na+]. The summed E-state index contributed by atoms with van der Waals surface area (Å²) in [4.78, 5) is 24.0. The minimum Gasteiger partial charge on any atom is -1.00 e. The Morgan fingerprint density at radius 3 is 2.28 bits per heavy atom. The minimum absolute atomic E-state index is 0. The van der Waals surface area contributed by atoms with Crippen LogP contribution in [-0.2, 0) is 26.1 Å². The molecule has 4 rings (SSSR count). The summed E-state index contributed by atoms with van der Waals surface area (Å²) in [5, 5.41) is 20.7. The number of phenolic OH excluding ortho intramolecular Hbond substituents is 1. The van der Waals surface area contributed by atoms with Crippen molar-refractivity contribution in [1.82, 2.24) is 0 Å². The molecule has 0 atom stereocenters. The number of aromatic hydroxyl groups is 1. The van der Waals surface area contributed by atoms with Gasteiger partial charge in [0.25, 0.3) is 0 Å². The number of carboxylic acids is 1. The topological polar surface area (TPSA) is 119 Å². The van der Waals surface area contributed by atoms with Crippen LogP contribution >= 0.6 is 31.9 Å². The Morgan fingerprint density at radius 2 is 1.66 bits per heavy atom. The Hall–Kier alpha value is 1.51. The maximum atomic E-state index is 12.2. The molecule has 0 amide bonds. The van der Waals surface area contributed by atoms with Gasteiger partial charge in [-0.25, -0.2) is 0 Å². The summed E-state index contributed by atoms with van der Waals surface area (Å²) in [5.74, 6) is -0.606. The molecule has 2 aromatic rings. The summed E-state index contributed by atoms with van der Waals surface area (Å²) >= 11 is 6.64. The van der Waals surface area contributed by atoms with Gasteiger partial charge in [-0.1, -0.05) is 0 Å². The van der Waals surface area contributed by atoms with Gasteiger partial charge in [0, 0.05) is 0 Å². The number of hydrogen-bond donors (Lipinski definition) is 2. The van der Waals surface area contributed by atoms with Crippen molar-refractivity contribution in [3.63, 3.8) is 0 Å². The van der Waals surface area contributed by atoms with Crippen molar-refractivity contribution in [3.05, 3.63) is 67.2 Å². The number of rotatable bonds is 2. The van der Waals surface area contributed by atoms with Crippen LogP contribution in [0, 0.1) is 0 Å². The van der Waals surface area contributed by atoms with Crippen molar-refractivity contribution < 1.29 is 116 Å². The van der Waals surface area contributed by atoms with Crippen LogP contribution in [0.25, 0.3) is 33.4 Å². The molecule has 12 heteroatoms.